The summed E-state index contributed by atoms with van der Waals surface area (Å²) in [7, 11) is 0. The Hall–Kier alpha value is -0.630. The minimum Gasteiger partial charge on any atom is -0.241 e. The van der Waals surface area contributed by atoms with E-state index >= 15 is 0 Å². The minimum absolute atomic E-state index is 0.572. The molecule has 1 aliphatic rings. The van der Waals surface area contributed by atoms with Crippen LogP contribution in [0.25, 0.3) is 0 Å². The Kier molecular flexibility index (Phi) is 2.01. The van der Waals surface area contributed by atoms with Crippen molar-refractivity contribution in [2.24, 2.45) is 0 Å². The molecule has 1 fully saturated rings. The summed E-state index contributed by atoms with van der Waals surface area (Å²) in [6.07, 6.45) is 5.56. The van der Waals surface area contributed by atoms with Gasteiger partial charge in [0.1, 0.15) is 11.0 Å². The van der Waals surface area contributed by atoms with Crippen LogP contribution in [0.2, 0.25) is 5.15 Å². The number of nitrogens with zero attached hydrogens (tertiary/aromatic N) is 2. The first-order valence-electron chi connectivity index (χ1n) is 4.26. The van der Waals surface area contributed by atoms with E-state index in [1.807, 2.05) is 13.1 Å². The second-order valence-electron chi connectivity index (χ2n) is 3.33. The van der Waals surface area contributed by atoms with Crippen LogP contribution in [0, 0.1) is 6.92 Å². The highest BCUT2D eigenvalue weighted by molar-refractivity contribution is 6.30. The Morgan fingerprint density at radius 2 is 2.25 bits per heavy atom. The number of aryl methyl sites for hydroxylation is 1. The van der Waals surface area contributed by atoms with Crippen LogP contribution in [0.1, 0.15) is 36.6 Å². The lowest BCUT2D eigenvalue weighted by molar-refractivity contribution is 0.401. The van der Waals surface area contributed by atoms with Gasteiger partial charge in [0, 0.05) is 17.7 Å². The first kappa shape index (κ1) is 7.99. The average Bonchev–Trinajstić information content (AvgIpc) is 1.93. The second kappa shape index (κ2) is 3.02. The van der Waals surface area contributed by atoms with Gasteiger partial charge in [-0.15, -0.1) is 0 Å². The van der Waals surface area contributed by atoms with Crippen molar-refractivity contribution < 1.29 is 0 Å². The van der Waals surface area contributed by atoms with Crippen LogP contribution in [0.3, 0.4) is 0 Å². The number of aromatic nitrogens is 2. The second-order valence-corrected chi connectivity index (χ2v) is 3.69. The van der Waals surface area contributed by atoms with E-state index in [-0.39, 0.29) is 0 Å². The molecule has 1 aromatic rings. The lowest BCUT2D eigenvalue weighted by atomic mass is 9.85. The normalized spacial score (nSPS) is 17.5. The maximum absolute atomic E-state index is 5.89. The average molecular weight is 183 g/mol. The van der Waals surface area contributed by atoms with Crippen LogP contribution in [-0.4, -0.2) is 9.97 Å². The summed E-state index contributed by atoms with van der Waals surface area (Å²) in [6.45, 7) is 1.92. The van der Waals surface area contributed by atoms with Gasteiger partial charge in [0.05, 0.1) is 0 Å². The minimum atomic E-state index is 0.572. The Morgan fingerprint density at radius 3 is 2.75 bits per heavy atom. The first-order valence-corrected chi connectivity index (χ1v) is 4.64. The standard InChI is InChI=1S/C9H11ClN2/c1-6-5-11-9(12-8(6)10)7-3-2-4-7/h5,7H,2-4H2,1H3. The van der Waals surface area contributed by atoms with Crippen molar-refractivity contribution in [2.45, 2.75) is 32.1 Å². The molecule has 1 saturated carbocycles. The summed E-state index contributed by atoms with van der Waals surface area (Å²) in [5.41, 5.74) is 0.958. The summed E-state index contributed by atoms with van der Waals surface area (Å²) < 4.78 is 0. The van der Waals surface area contributed by atoms with Gasteiger partial charge in [-0.3, -0.25) is 0 Å². The Labute approximate surface area is 77.0 Å². The molecule has 0 aromatic carbocycles. The molecule has 1 heterocycles. The van der Waals surface area contributed by atoms with Gasteiger partial charge in [-0.25, -0.2) is 9.97 Å². The molecule has 0 spiro atoms. The van der Waals surface area contributed by atoms with E-state index in [2.05, 4.69) is 9.97 Å². The van der Waals surface area contributed by atoms with Crippen LogP contribution < -0.4 is 0 Å². The lowest BCUT2D eigenvalue weighted by Gasteiger charge is -2.23. The highest BCUT2D eigenvalue weighted by Gasteiger charge is 2.22. The van der Waals surface area contributed by atoms with Crippen LogP contribution in [0.4, 0.5) is 0 Å². The van der Waals surface area contributed by atoms with E-state index in [1.54, 1.807) is 0 Å². The zero-order valence-corrected chi connectivity index (χ0v) is 7.80. The monoisotopic (exact) mass is 182 g/mol. The molecule has 0 bridgehead atoms. The van der Waals surface area contributed by atoms with Crippen molar-refractivity contribution in [2.75, 3.05) is 0 Å². The van der Waals surface area contributed by atoms with Crippen molar-refractivity contribution in [1.82, 2.24) is 9.97 Å². The van der Waals surface area contributed by atoms with Gasteiger partial charge >= 0.3 is 0 Å². The molecule has 0 radical (unpaired) electrons. The third-order valence-corrected chi connectivity index (χ3v) is 2.78. The van der Waals surface area contributed by atoms with E-state index < -0.39 is 0 Å². The SMILES string of the molecule is Cc1cnc(C2CCC2)nc1Cl. The van der Waals surface area contributed by atoms with E-state index in [1.165, 1.54) is 19.3 Å². The van der Waals surface area contributed by atoms with Gasteiger partial charge < -0.3 is 0 Å². The molecular weight excluding hydrogens is 172 g/mol. The Balaban J connectivity index is 2.27. The van der Waals surface area contributed by atoms with Gasteiger partial charge in [-0.2, -0.15) is 0 Å². The van der Waals surface area contributed by atoms with Crippen LogP contribution >= 0.6 is 11.6 Å². The highest BCUT2D eigenvalue weighted by Crippen LogP contribution is 2.34. The Morgan fingerprint density at radius 1 is 1.50 bits per heavy atom. The third-order valence-electron chi connectivity index (χ3n) is 2.40. The molecule has 64 valence electrons. The van der Waals surface area contributed by atoms with Crippen molar-refractivity contribution in [1.29, 1.82) is 0 Å². The molecule has 0 amide bonds. The lowest BCUT2D eigenvalue weighted by Crippen LogP contribution is -2.12. The van der Waals surface area contributed by atoms with E-state index in [9.17, 15) is 0 Å². The molecule has 2 nitrogen and oxygen atoms in total. The topological polar surface area (TPSA) is 25.8 Å². The molecule has 2 rings (SSSR count). The molecule has 0 saturated heterocycles. The van der Waals surface area contributed by atoms with Crippen molar-refractivity contribution in [3.63, 3.8) is 0 Å². The Bertz CT molecular complexity index is 295. The van der Waals surface area contributed by atoms with E-state index in [4.69, 9.17) is 11.6 Å². The van der Waals surface area contributed by atoms with Gasteiger partial charge in [-0.1, -0.05) is 18.0 Å². The quantitative estimate of drug-likeness (QED) is 0.625. The number of hydrogen-bond acceptors (Lipinski definition) is 2. The molecule has 0 atom stereocenters. The molecule has 1 aromatic heterocycles. The predicted octanol–water partition coefficient (Wildman–Crippen LogP) is 2.71. The summed E-state index contributed by atoms with van der Waals surface area (Å²) in [5.74, 6) is 1.50. The van der Waals surface area contributed by atoms with E-state index in [0.29, 0.717) is 11.1 Å². The molecule has 12 heavy (non-hydrogen) atoms. The fourth-order valence-electron chi connectivity index (χ4n) is 1.30. The largest absolute Gasteiger partial charge is 0.241 e. The maximum atomic E-state index is 5.89. The van der Waals surface area contributed by atoms with E-state index in [0.717, 1.165) is 11.4 Å². The fourth-order valence-corrected chi connectivity index (χ4v) is 1.43. The zero-order valence-electron chi connectivity index (χ0n) is 7.05. The summed E-state index contributed by atoms with van der Waals surface area (Å²) >= 11 is 5.89. The molecule has 1 aliphatic carbocycles. The predicted molar refractivity (Wildman–Crippen MR) is 48.4 cm³/mol. The molecule has 3 heteroatoms. The summed E-state index contributed by atoms with van der Waals surface area (Å²) in [6, 6.07) is 0. The van der Waals surface area contributed by atoms with Crippen LogP contribution in [-0.2, 0) is 0 Å². The molecule has 0 unspecified atom stereocenters. The van der Waals surface area contributed by atoms with Crippen LogP contribution in [0.15, 0.2) is 6.20 Å². The smallest absolute Gasteiger partial charge is 0.135 e. The van der Waals surface area contributed by atoms with Gasteiger partial charge in [-0.05, 0) is 19.8 Å². The number of rotatable bonds is 1. The molecular formula is C9H11ClN2. The van der Waals surface area contributed by atoms with Crippen molar-refractivity contribution in [3.05, 3.63) is 22.7 Å². The first-order chi connectivity index (χ1) is 5.77. The number of hydrogen-bond donors (Lipinski definition) is 0. The van der Waals surface area contributed by atoms with Gasteiger partial charge in [0.15, 0.2) is 0 Å². The highest BCUT2D eigenvalue weighted by atomic mass is 35.5. The van der Waals surface area contributed by atoms with Crippen molar-refractivity contribution in [3.8, 4) is 0 Å². The van der Waals surface area contributed by atoms with Gasteiger partial charge in [0.2, 0.25) is 0 Å². The number of halogens is 1. The van der Waals surface area contributed by atoms with Gasteiger partial charge in [0.25, 0.3) is 0 Å². The summed E-state index contributed by atoms with van der Waals surface area (Å²) in [5, 5.41) is 0.604. The van der Waals surface area contributed by atoms with Crippen molar-refractivity contribution >= 4 is 11.6 Å². The van der Waals surface area contributed by atoms with Crippen LogP contribution in [0.5, 0.6) is 0 Å². The summed E-state index contributed by atoms with van der Waals surface area (Å²) in [4.78, 5) is 8.51. The third kappa shape index (κ3) is 1.31. The maximum Gasteiger partial charge on any atom is 0.135 e. The molecule has 0 N–H and O–H groups in total. The zero-order chi connectivity index (χ0) is 8.55. The fraction of sp³-hybridized carbons (Fsp3) is 0.556. The molecule has 0 aliphatic heterocycles.